The minimum absolute atomic E-state index is 0. The van der Waals surface area contributed by atoms with Crippen LogP contribution in [0.2, 0.25) is 0 Å². The van der Waals surface area contributed by atoms with Crippen molar-refractivity contribution >= 4 is 36.6 Å². The summed E-state index contributed by atoms with van der Waals surface area (Å²) in [6.45, 7) is 9.46. The predicted molar refractivity (Wildman–Crippen MR) is 76.0 cm³/mol. The third-order valence-electron chi connectivity index (χ3n) is 2.56. The zero-order chi connectivity index (χ0) is 9.52. The summed E-state index contributed by atoms with van der Waals surface area (Å²) in [6.07, 6.45) is 1.31. The van der Waals surface area contributed by atoms with E-state index in [0.717, 1.165) is 6.04 Å². The van der Waals surface area contributed by atoms with E-state index < -0.39 is 0 Å². The van der Waals surface area contributed by atoms with Crippen LogP contribution in [0, 0.1) is 0 Å². The first kappa shape index (κ1) is 18.2. The fourth-order valence-corrected chi connectivity index (χ4v) is 2.49. The second kappa shape index (κ2) is 11.3. The number of halogens is 2. The van der Waals surface area contributed by atoms with Gasteiger partial charge in [0.15, 0.2) is 0 Å². The molecule has 0 spiro atoms. The summed E-state index contributed by atoms with van der Waals surface area (Å²) < 4.78 is 0. The molecule has 1 unspecified atom stereocenters. The van der Waals surface area contributed by atoms with Gasteiger partial charge in [-0.15, -0.1) is 24.8 Å². The second-order valence-electron chi connectivity index (χ2n) is 3.65. The highest BCUT2D eigenvalue weighted by Crippen LogP contribution is 2.09. The Morgan fingerprint density at radius 1 is 1.27 bits per heavy atom. The summed E-state index contributed by atoms with van der Waals surface area (Å²) in [7, 11) is 0. The zero-order valence-electron chi connectivity index (χ0n) is 9.70. The molecular formula is C10H24Cl2N2S. The van der Waals surface area contributed by atoms with Crippen LogP contribution in [-0.4, -0.2) is 48.6 Å². The molecule has 1 aliphatic rings. The number of hydrogen-bond acceptors (Lipinski definition) is 3. The molecule has 0 aromatic rings. The molecule has 0 amide bonds. The van der Waals surface area contributed by atoms with Crippen molar-refractivity contribution in [2.45, 2.75) is 26.3 Å². The molecule has 0 aromatic heterocycles. The molecule has 0 bridgehead atoms. The van der Waals surface area contributed by atoms with E-state index in [4.69, 9.17) is 0 Å². The molecule has 0 aromatic carbocycles. The number of nitrogens with zero attached hydrogens (tertiary/aromatic N) is 1. The van der Waals surface area contributed by atoms with Crippen molar-refractivity contribution in [3.63, 3.8) is 0 Å². The van der Waals surface area contributed by atoms with Crippen molar-refractivity contribution < 1.29 is 0 Å². The van der Waals surface area contributed by atoms with Crippen molar-refractivity contribution in [2.75, 3.05) is 37.7 Å². The first-order valence-electron chi connectivity index (χ1n) is 5.37. The van der Waals surface area contributed by atoms with Gasteiger partial charge < -0.3 is 5.32 Å². The first-order valence-corrected chi connectivity index (χ1v) is 6.52. The quantitative estimate of drug-likeness (QED) is 0.847. The van der Waals surface area contributed by atoms with Crippen LogP contribution in [0.15, 0.2) is 0 Å². The Bertz CT molecular complexity index is 131. The molecule has 0 aliphatic carbocycles. The molecule has 15 heavy (non-hydrogen) atoms. The minimum atomic E-state index is 0. The fourth-order valence-electron chi connectivity index (χ4n) is 1.70. The lowest BCUT2D eigenvalue weighted by atomic mass is 10.3. The molecule has 2 nitrogen and oxygen atoms in total. The molecule has 1 heterocycles. The Kier molecular flexibility index (Phi) is 13.8. The third-order valence-corrected chi connectivity index (χ3v) is 3.69. The summed E-state index contributed by atoms with van der Waals surface area (Å²) in [6, 6.07) is 0.754. The van der Waals surface area contributed by atoms with Gasteiger partial charge in [0.05, 0.1) is 0 Å². The Labute approximate surface area is 111 Å². The van der Waals surface area contributed by atoms with Gasteiger partial charge in [-0.3, -0.25) is 4.90 Å². The molecule has 1 aliphatic heterocycles. The van der Waals surface area contributed by atoms with Crippen molar-refractivity contribution in [3.05, 3.63) is 0 Å². The number of rotatable bonds is 4. The molecular weight excluding hydrogens is 251 g/mol. The zero-order valence-corrected chi connectivity index (χ0v) is 12.1. The summed E-state index contributed by atoms with van der Waals surface area (Å²) in [5.41, 5.74) is 0. The highest BCUT2D eigenvalue weighted by molar-refractivity contribution is 7.99. The maximum Gasteiger partial charge on any atom is 0.0158 e. The van der Waals surface area contributed by atoms with Crippen LogP contribution >= 0.6 is 36.6 Å². The van der Waals surface area contributed by atoms with Gasteiger partial charge in [0.1, 0.15) is 0 Å². The molecule has 94 valence electrons. The fraction of sp³-hybridized carbons (Fsp3) is 1.00. The minimum Gasteiger partial charge on any atom is -0.315 e. The standard InChI is InChI=1S/C10H22N2S.2ClH/c1-3-13-9-10(2)12-7-4-5-11-6-8-12;;/h10-11H,3-9H2,1-2H3;2*1H. The Hall–Kier alpha value is 0.850. The van der Waals surface area contributed by atoms with Gasteiger partial charge in [-0.1, -0.05) is 6.92 Å². The van der Waals surface area contributed by atoms with Gasteiger partial charge >= 0.3 is 0 Å². The molecule has 1 N–H and O–H groups in total. The van der Waals surface area contributed by atoms with E-state index in [-0.39, 0.29) is 24.8 Å². The topological polar surface area (TPSA) is 15.3 Å². The van der Waals surface area contributed by atoms with Gasteiger partial charge in [-0.25, -0.2) is 0 Å². The largest absolute Gasteiger partial charge is 0.315 e. The average molecular weight is 275 g/mol. The Morgan fingerprint density at radius 3 is 2.67 bits per heavy atom. The SMILES string of the molecule is CCSCC(C)N1CCCNCC1.Cl.Cl. The molecule has 1 saturated heterocycles. The van der Waals surface area contributed by atoms with Crippen molar-refractivity contribution in [1.29, 1.82) is 0 Å². The van der Waals surface area contributed by atoms with E-state index in [1.54, 1.807) is 0 Å². The van der Waals surface area contributed by atoms with E-state index >= 15 is 0 Å². The molecule has 5 heteroatoms. The summed E-state index contributed by atoms with van der Waals surface area (Å²) in [5.74, 6) is 2.53. The van der Waals surface area contributed by atoms with Crippen LogP contribution in [0.25, 0.3) is 0 Å². The molecule has 1 fully saturated rings. The van der Waals surface area contributed by atoms with Gasteiger partial charge in [0, 0.05) is 24.9 Å². The van der Waals surface area contributed by atoms with Crippen LogP contribution in [0.4, 0.5) is 0 Å². The predicted octanol–water partition coefficient (Wildman–Crippen LogP) is 2.27. The van der Waals surface area contributed by atoms with Crippen LogP contribution in [0.3, 0.4) is 0 Å². The lowest BCUT2D eigenvalue weighted by Crippen LogP contribution is -2.37. The van der Waals surface area contributed by atoms with Crippen molar-refractivity contribution in [3.8, 4) is 0 Å². The second-order valence-corrected chi connectivity index (χ2v) is 4.97. The maximum atomic E-state index is 3.44. The average Bonchev–Trinajstić information content (AvgIpc) is 2.42. The van der Waals surface area contributed by atoms with E-state index in [9.17, 15) is 0 Å². The normalized spacial score (nSPS) is 19.6. The highest BCUT2D eigenvalue weighted by atomic mass is 35.5. The molecule has 1 atom stereocenters. The first-order chi connectivity index (χ1) is 6.34. The number of hydrogen-bond donors (Lipinski definition) is 1. The smallest absolute Gasteiger partial charge is 0.0158 e. The van der Waals surface area contributed by atoms with Gasteiger partial charge in [0.2, 0.25) is 0 Å². The monoisotopic (exact) mass is 274 g/mol. The summed E-state index contributed by atoms with van der Waals surface area (Å²) in [5, 5.41) is 3.44. The molecule has 0 radical (unpaired) electrons. The lowest BCUT2D eigenvalue weighted by Gasteiger charge is -2.26. The van der Waals surface area contributed by atoms with E-state index in [1.807, 2.05) is 0 Å². The van der Waals surface area contributed by atoms with E-state index in [0.29, 0.717) is 0 Å². The van der Waals surface area contributed by atoms with Crippen LogP contribution < -0.4 is 5.32 Å². The third kappa shape index (κ3) is 7.70. The lowest BCUT2D eigenvalue weighted by molar-refractivity contribution is 0.241. The summed E-state index contributed by atoms with van der Waals surface area (Å²) >= 11 is 2.05. The molecule has 0 saturated carbocycles. The van der Waals surface area contributed by atoms with Crippen molar-refractivity contribution in [2.24, 2.45) is 0 Å². The van der Waals surface area contributed by atoms with Gasteiger partial charge in [-0.05, 0) is 32.2 Å². The van der Waals surface area contributed by atoms with Gasteiger partial charge in [0.25, 0.3) is 0 Å². The van der Waals surface area contributed by atoms with Crippen LogP contribution in [0.5, 0.6) is 0 Å². The highest BCUT2D eigenvalue weighted by Gasteiger charge is 2.14. The van der Waals surface area contributed by atoms with E-state index in [1.165, 1.54) is 44.1 Å². The summed E-state index contributed by atoms with van der Waals surface area (Å²) in [4.78, 5) is 2.61. The maximum absolute atomic E-state index is 3.44. The van der Waals surface area contributed by atoms with Crippen LogP contribution in [0.1, 0.15) is 20.3 Å². The Balaban J connectivity index is 0. The van der Waals surface area contributed by atoms with E-state index in [2.05, 4.69) is 35.8 Å². The number of thioether (sulfide) groups is 1. The van der Waals surface area contributed by atoms with Gasteiger partial charge in [-0.2, -0.15) is 11.8 Å². The number of nitrogens with one attached hydrogen (secondary N) is 1. The Morgan fingerprint density at radius 2 is 2.00 bits per heavy atom. The van der Waals surface area contributed by atoms with Crippen LogP contribution in [-0.2, 0) is 0 Å². The molecule has 1 rings (SSSR count). The van der Waals surface area contributed by atoms with Crippen molar-refractivity contribution in [1.82, 2.24) is 10.2 Å².